The SMILES string of the molecule is CCCN1C(=O)CC(NCCc2ccnn2C)C1=O. The number of aromatic nitrogens is 2. The summed E-state index contributed by atoms with van der Waals surface area (Å²) in [7, 11) is 1.89. The van der Waals surface area contributed by atoms with Gasteiger partial charge in [0, 0.05) is 38.4 Å². The maximum absolute atomic E-state index is 12.0. The lowest BCUT2D eigenvalue weighted by molar-refractivity contribution is -0.138. The summed E-state index contributed by atoms with van der Waals surface area (Å²) in [5, 5.41) is 7.25. The maximum Gasteiger partial charge on any atom is 0.246 e. The molecule has 0 aromatic carbocycles. The molecule has 1 unspecified atom stereocenters. The van der Waals surface area contributed by atoms with Gasteiger partial charge in [0.1, 0.15) is 0 Å². The van der Waals surface area contributed by atoms with Gasteiger partial charge in [-0.2, -0.15) is 5.10 Å². The second-order valence-corrected chi connectivity index (χ2v) is 4.79. The topological polar surface area (TPSA) is 67.2 Å². The summed E-state index contributed by atoms with van der Waals surface area (Å²) in [5.41, 5.74) is 1.11. The molecule has 1 aromatic rings. The van der Waals surface area contributed by atoms with E-state index >= 15 is 0 Å². The molecule has 6 nitrogen and oxygen atoms in total. The minimum atomic E-state index is -0.354. The zero-order chi connectivity index (χ0) is 13.8. The maximum atomic E-state index is 12.0. The number of carbonyl (C=O) groups is 2. The number of likely N-dealkylation sites (tertiary alicyclic amines) is 1. The van der Waals surface area contributed by atoms with Crippen molar-refractivity contribution < 1.29 is 9.59 Å². The van der Waals surface area contributed by atoms with Crippen LogP contribution in [0.5, 0.6) is 0 Å². The minimum Gasteiger partial charge on any atom is -0.305 e. The van der Waals surface area contributed by atoms with Crippen LogP contribution in [0.3, 0.4) is 0 Å². The minimum absolute atomic E-state index is 0.0649. The number of hydrogen-bond acceptors (Lipinski definition) is 4. The number of carbonyl (C=O) groups excluding carboxylic acids is 2. The molecule has 2 heterocycles. The van der Waals surface area contributed by atoms with Crippen LogP contribution in [0.25, 0.3) is 0 Å². The molecular weight excluding hydrogens is 244 g/mol. The highest BCUT2D eigenvalue weighted by Gasteiger charge is 2.37. The molecule has 0 radical (unpaired) electrons. The smallest absolute Gasteiger partial charge is 0.246 e. The van der Waals surface area contributed by atoms with Gasteiger partial charge in [-0.15, -0.1) is 0 Å². The first kappa shape index (κ1) is 13.7. The van der Waals surface area contributed by atoms with E-state index in [9.17, 15) is 9.59 Å². The molecule has 1 fully saturated rings. The lowest BCUT2D eigenvalue weighted by Gasteiger charge is -2.14. The lowest BCUT2D eigenvalue weighted by Crippen LogP contribution is -2.39. The fourth-order valence-electron chi connectivity index (χ4n) is 2.32. The third-order valence-electron chi connectivity index (χ3n) is 3.39. The highest BCUT2D eigenvalue weighted by molar-refractivity contribution is 6.05. The van der Waals surface area contributed by atoms with Crippen molar-refractivity contribution in [2.24, 2.45) is 7.05 Å². The quantitative estimate of drug-likeness (QED) is 0.739. The number of aryl methyl sites for hydroxylation is 1. The van der Waals surface area contributed by atoms with Crippen LogP contribution in [0.2, 0.25) is 0 Å². The van der Waals surface area contributed by atoms with E-state index in [4.69, 9.17) is 0 Å². The van der Waals surface area contributed by atoms with Gasteiger partial charge >= 0.3 is 0 Å². The molecule has 1 aliphatic heterocycles. The Morgan fingerprint density at radius 1 is 1.47 bits per heavy atom. The van der Waals surface area contributed by atoms with Crippen LogP contribution in [-0.4, -0.2) is 45.6 Å². The molecule has 2 rings (SSSR count). The predicted octanol–water partition coefficient (Wildman–Crippen LogP) is 0.0897. The summed E-state index contributed by atoms with van der Waals surface area (Å²) in [6, 6.07) is 1.60. The van der Waals surface area contributed by atoms with E-state index in [2.05, 4.69) is 10.4 Å². The van der Waals surface area contributed by atoms with E-state index in [1.165, 1.54) is 4.90 Å². The number of nitrogens with zero attached hydrogens (tertiary/aromatic N) is 3. The zero-order valence-corrected chi connectivity index (χ0v) is 11.4. The van der Waals surface area contributed by atoms with Crippen LogP contribution in [0.1, 0.15) is 25.5 Å². The molecule has 1 N–H and O–H groups in total. The van der Waals surface area contributed by atoms with Crippen molar-refractivity contribution in [2.45, 2.75) is 32.2 Å². The average Bonchev–Trinajstić information content (AvgIpc) is 2.89. The first-order chi connectivity index (χ1) is 9.13. The molecule has 0 spiro atoms. The summed E-state index contributed by atoms with van der Waals surface area (Å²) in [6.07, 6.45) is 3.63. The summed E-state index contributed by atoms with van der Waals surface area (Å²) in [4.78, 5) is 25.0. The largest absolute Gasteiger partial charge is 0.305 e. The van der Waals surface area contributed by atoms with Gasteiger partial charge in [0.2, 0.25) is 11.8 Å². The van der Waals surface area contributed by atoms with Gasteiger partial charge in [-0.05, 0) is 12.5 Å². The first-order valence-corrected chi connectivity index (χ1v) is 6.68. The molecule has 1 atom stereocenters. The van der Waals surface area contributed by atoms with Crippen molar-refractivity contribution in [2.75, 3.05) is 13.1 Å². The first-order valence-electron chi connectivity index (χ1n) is 6.68. The molecule has 6 heteroatoms. The molecule has 0 saturated carbocycles. The Balaban J connectivity index is 1.82. The standard InChI is InChI=1S/C13H20N4O2/c1-3-8-17-12(18)9-11(13(17)19)14-6-4-10-5-7-15-16(10)2/h5,7,11,14H,3-4,6,8-9H2,1-2H3. The van der Waals surface area contributed by atoms with Gasteiger partial charge in [-0.25, -0.2) is 0 Å². The van der Waals surface area contributed by atoms with E-state index in [0.29, 0.717) is 13.1 Å². The monoisotopic (exact) mass is 264 g/mol. The van der Waals surface area contributed by atoms with Gasteiger partial charge in [0.25, 0.3) is 0 Å². The molecule has 1 saturated heterocycles. The third-order valence-corrected chi connectivity index (χ3v) is 3.39. The molecule has 0 aliphatic carbocycles. The van der Waals surface area contributed by atoms with Crippen molar-refractivity contribution in [3.05, 3.63) is 18.0 Å². The number of amides is 2. The van der Waals surface area contributed by atoms with E-state index in [1.54, 1.807) is 6.20 Å². The van der Waals surface area contributed by atoms with E-state index < -0.39 is 0 Å². The molecule has 104 valence electrons. The van der Waals surface area contributed by atoms with Gasteiger partial charge < -0.3 is 5.32 Å². The third kappa shape index (κ3) is 3.01. The number of imide groups is 1. The van der Waals surface area contributed by atoms with Gasteiger partial charge in [0.05, 0.1) is 12.5 Å². The second-order valence-electron chi connectivity index (χ2n) is 4.79. The summed E-state index contributed by atoms with van der Waals surface area (Å²) in [6.45, 7) is 3.16. The highest BCUT2D eigenvalue weighted by atomic mass is 16.2. The average molecular weight is 264 g/mol. The molecule has 1 aromatic heterocycles. The fraction of sp³-hybridized carbons (Fsp3) is 0.615. The molecule has 0 bridgehead atoms. The van der Waals surface area contributed by atoms with Crippen molar-refractivity contribution in [1.82, 2.24) is 20.0 Å². The summed E-state index contributed by atoms with van der Waals surface area (Å²) < 4.78 is 1.81. The number of hydrogen-bond donors (Lipinski definition) is 1. The predicted molar refractivity (Wildman–Crippen MR) is 70.3 cm³/mol. The summed E-state index contributed by atoms with van der Waals surface area (Å²) in [5.74, 6) is -0.151. The van der Waals surface area contributed by atoms with E-state index in [1.807, 2.05) is 24.7 Å². The Hall–Kier alpha value is -1.69. The molecule has 1 aliphatic rings. The van der Waals surface area contributed by atoms with Gasteiger partial charge in [-0.3, -0.25) is 19.2 Å². The van der Waals surface area contributed by atoms with Crippen LogP contribution in [0.15, 0.2) is 12.3 Å². The Bertz CT molecular complexity index is 469. The highest BCUT2D eigenvalue weighted by Crippen LogP contribution is 2.13. The van der Waals surface area contributed by atoms with Gasteiger partial charge in [0.15, 0.2) is 0 Å². The Morgan fingerprint density at radius 2 is 2.26 bits per heavy atom. The lowest BCUT2D eigenvalue weighted by atomic mass is 10.2. The van der Waals surface area contributed by atoms with Crippen LogP contribution < -0.4 is 5.32 Å². The Morgan fingerprint density at radius 3 is 2.89 bits per heavy atom. The molecule has 19 heavy (non-hydrogen) atoms. The van der Waals surface area contributed by atoms with Crippen molar-refractivity contribution in [1.29, 1.82) is 0 Å². The van der Waals surface area contributed by atoms with Crippen LogP contribution >= 0.6 is 0 Å². The number of rotatable bonds is 6. The fourth-order valence-corrected chi connectivity index (χ4v) is 2.32. The Labute approximate surface area is 112 Å². The van der Waals surface area contributed by atoms with E-state index in [-0.39, 0.29) is 24.3 Å². The van der Waals surface area contributed by atoms with Crippen LogP contribution in [0, 0.1) is 0 Å². The normalized spacial score (nSPS) is 19.5. The van der Waals surface area contributed by atoms with Crippen molar-refractivity contribution in [3.63, 3.8) is 0 Å². The van der Waals surface area contributed by atoms with E-state index in [0.717, 1.165) is 18.5 Å². The summed E-state index contributed by atoms with van der Waals surface area (Å²) >= 11 is 0. The van der Waals surface area contributed by atoms with Crippen LogP contribution in [-0.2, 0) is 23.1 Å². The molecular formula is C13H20N4O2. The number of nitrogens with one attached hydrogen (secondary N) is 1. The zero-order valence-electron chi connectivity index (χ0n) is 11.4. The van der Waals surface area contributed by atoms with Crippen molar-refractivity contribution in [3.8, 4) is 0 Å². The van der Waals surface area contributed by atoms with Crippen molar-refractivity contribution >= 4 is 11.8 Å². The van der Waals surface area contributed by atoms with Crippen LogP contribution in [0.4, 0.5) is 0 Å². The Kier molecular flexibility index (Phi) is 4.31. The second kappa shape index (κ2) is 5.97. The van der Waals surface area contributed by atoms with Gasteiger partial charge in [-0.1, -0.05) is 6.92 Å². The molecule has 2 amide bonds.